The van der Waals surface area contributed by atoms with Crippen molar-refractivity contribution >= 4 is 76.3 Å². The van der Waals surface area contributed by atoms with Crippen molar-refractivity contribution in [1.82, 2.24) is 9.80 Å². The van der Waals surface area contributed by atoms with Crippen LogP contribution in [0.25, 0.3) is 0 Å². The summed E-state index contributed by atoms with van der Waals surface area (Å²) in [4.78, 5) is 4.50. The molecule has 0 radical (unpaired) electrons. The summed E-state index contributed by atoms with van der Waals surface area (Å²) in [7, 11) is 7.38. The summed E-state index contributed by atoms with van der Waals surface area (Å²) in [6.45, 7) is 12.7. The lowest BCUT2D eigenvalue weighted by Crippen LogP contribution is -2.26. The molecule has 0 rings (SSSR count). The smallest absolute Gasteiger partial charge is 0.147 e. The predicted molar refractivity (Wildman–Crippen MR) is 139 cm³/mol. The van der Waals surface area contributed by atoms with E-state index >= 15 is 0 Å². The summed E-state index contributed by atoms with van der Waals surface area (Å²) in [6.07, 6.45) is 8.03. The third kappa shape index (κ3) is 14.2. The van der Waals surface area contributed by atoms with Gasteiger partial charge in [0.2, 0.25) is 0 Å². The van der Waals surface area contributed by atoms with Crippen molar-refractivity contribution < 1.29 is 0 Å². The average Bonchev–Trinajstić information content (AvgIpc) is 2.64. The van der Waals surface area contributed by atoms with E-state index < -0.39 is 0 Å². The molecule has 0 heterocycles. The van der Waals surface area contributed by atoms with Crippen LogP contribution in [0.5, 0.6) is 0 Å². The molecule has 0 aromatic rings. The minimum absolute atomic E-state index is 1.01. The van der Waals surface area contributed by atoms with E-state index in [0.29, 0.717) is 0 Å². The maximum atomic E-state index is 5.44. The summed E-state index contributed by atoms with van der Waals surface area (Å²) >= 11 is 10.9. The van der Waals surface area contributed by atoms with Gasteiger partial charge in [-0.15, -0.1) is 0 Å². The zero-order valence-corrected chi connectivity index (χ0v) is 21.7. The minimum Gasteiger partial charge on any atom is -0.357 e. The number of hydrogen-bond acceptors (Lipinski definition) is 6. The molecule has 0 aliphatic heterocycles. The van der Waals surface area contributed by atoms with Gasteiger partial charge in [0.05, 0.1) is 0 Å². The van der Waals surface area contributed by atoms with Crippen LogP contribution in [-0.2, 0) is 0 Å². The highest BCUT2D eigenvalue weighted by Gasteiger charge is 2.06. The third-order valence-electron chi connectivity index (χ3n) is 4.01. The highest BCUT2D eigenvalue weighted by Crippen LogP contribution is 2.27. The van der Waals surface area contributed by atoms with Crippen LogP contribution in [0.3, 0.4) is 0 Å². The lowest BCUT2D eigenvalue weighted by atomic mass is 10.1. The Morgan fingerprint density at radius 1 is 0.577 bits per heavy atom. The van der Waals surface area contributed by atoms with Crippen LogP contribution in [-0.4, -0.2) is 56.1 Å². The maximum Gasteiger partial charge on any atom is 0.147 e. The molecule has 26 heavy (non-hydrogen) atoms. The Labute approximate surface area is 188 Å². The quantitative estimate of drug-likeness (QED) is 0.137. The first-order valence-corrected chi connectivity index (χ1v) is 15.2. The van der Waals surface area contributed by atoms with Crippen molar-refractivity contribution in [1.29, 1.82) is 0 Å². The molecule has 8 heteroatoms. The predicted octanol–water partition coefficient (Wildman–Crippen LogP) is 7.34. The van der Waals surface area contributed by atoms with Gasteiger partial charge >= 0.3 is 0 Å². The van der Waals surface area contributed by atoms with Crippen LogP contribution >= 0.6 is 67.6 Å². The fourth-order valence-corrected chi connectivity index (χ4v) is 7.85. The van der Waals surface area contributed by atoms with E-state index in [1.54, 1.807) is 21.6 Å². The van der Waals surface area contributed by atoms with Crippen LogP contribution in [0.4, 0.5) is 0 Å². The van der Waals surface area contributed by atoms with E-state index in [9.17, 15) is 0 Å². The lowest BCUT2D eigenvalue weighted by Gasteiger charge is -2.20. The van der Waals surface area contributed by atoms with Crippen molar-refractivity contribution in [2.75, 3.05) is 37.7 Å². The van der Waals surface area contributed by atoms with E-state index in [-0.39, 0.29) is 0 Å². The molecule has 0 spiro atoms. The molecule has 0 unspecified atom stereocenters. The van der Waals surface area contributed by atoms with E-state index in [4.69, 9.17) is 24.4 Å². The van der Waals surface area contributed by atoms with Gasteiger partial charge in [-0.2, -0.15) is 0 Å². The molecule has 0 N–H and O–H groups in total. The second-order valence-electron chi connectivity index (χ2n) is 5.81. The summed E-state index contributed by atoms with van der Waals surface area (Å²) in [5, 5.41) is 0. The number of rotatable bonds is 15. The summed E-state index contributed by atoms with van der Waals surface area (Å²) in [6, 6.07) is 0. The summed E-state index contributed by atoms with van der Waals surface area (Å²) in [5.41, 5.74) is 0. The Bertz CT molecular complexity index is 326. The Balaban J connectivity index is 3.37. The second-order valence-corrected chi connectivity index (χ2v) is 11.9. The first-order valence-electron chi connectivity index (χ1n) is 9.77. The van der Waals surface area contributed by atoms with Crippen molar-refractivity contribution in [2.24, 2.45) is 0 Å². The molecule has 0 aliphatic rings. The number of nitrogens with zero attached hydrogens (tertiary/aromatic N) is 2. The van der Waals surface area contributed by atoms with Gasteiger partial charge in [-0.25, -0.2) is 0 Å². The molecule has 0 amide bonds. The van der Waals surface area contributed by atoms with Crippen LogP contribution in [0.15, 0.2) is 0 Å². The molecule has 0 aromatic carbocycles. The van der Waals surface area contributed by atoms with E-state index in [1.165, 1.54) is 50.0 Å². The molecular weight excluding hydrogens is 437 g/mol. The Hall–Kier alpha value is 1.18. The molecule has 0 bridgehead atoms. The maximum absolute atomic E-state index is 5.44. The van der Waals surface area contributed by atoms with Gasteiger partial charge in [0.25, 0.3) is 0 Å². The van der Waals surface area contributed by atoms with Crippen molar-refractivity contribution in [2.45, 2.75) is 66.2 Å². The fraction of sp³-hybridized carbons (Fsp3) is 0.889. The second kappa shape index (κ2) is 19.5. The van der Waals surface area contributed by atoms with Gasteiger partial charge in [0, 0.05) is 37.7 Å². The SMILES string of the molecule is CCN(CC)C(=S)SSCCCCCCCCSSC(=S)N(CC)CC. The Morgan fingerprint density at radius 3 is 1.19 bits per heavy atom. The van der Waals surface area contributed by atoms with E-state index in [0.717, 1.165) is 34.8 Å². The lowest BCUT2D eigenvalue weighted by molar-refractivity contribution is 0.482. The Kier molecular flexibility index (Phi) is 20.4. The number of hydrogen-bond donors (Lipinski definition) is 0. The molecule has 0 fully saturated rings. The number of unbranched alkanes of at least 4 members (excludes halogenated alkanes) is 5. The van der Waals surface area contributed by atoms with Crippen molar-refractivity contribution in [3.63, 3.8) is 0 Å². The van der Waals surface area contributed by atoms with Gasteiger partial charge in [0.15, 0.2) is 0 Å². The molecular formula is C18H36N2S6. The van der Waals surface area contributed by atoms with E-state index in [1.807, 2.05) is 21.6 Å². The van der Waals surface area contributed by atoms with Crippen LogP contribution in [0.2, 0.25) is 0 Å². The molecule has 2 nitrogen and oxygen atoms in total. The Morgan fingerprint density at radius 2 is 0.885 bits per heavy atom. The third-order valence-corrected chi connectivity index (χ3v) is 10.3. The number of thiocarbonyl (C=S) groups is 2. The first-order chi connectivity index (χ1) is 12.6. The van der Waals surface area contributed by atoms with Gasteiger partial charge in [0.1, 0.15) is 8.64 Å². The zero-order valence-electron chi connectivity index (χ0n) is 16.8. The fourth-order valence-electron chi connectivity index (χ4n) is 2.28. The van der Waals surface area contributed by atoms with Gasteiger partial charge < -0.3 is 9.80 Å². The minimum atomic E-state index is 1.01. The zero-order chi connectivity index (χ0) is 19.6. The van der Waals surface area contributed by atoms with E-state index in [2.05, 4.69) is 37.5 Å². The van der Waals surface area contributed by atoms with Crippen LogP contribution in [0, 0.1) is 0 Å². The topological polar surface area (TPSA) is 6.48 Å². The molecule has 0 aliphatic carbocycles. The molecule has 0 aromatic heterocycles. The largest absolute Gasteiger partial charge is 0.357 e. The van der Waals surface area contributed by atoms with Gasteiger partial charge in [-0.3, -0.25) is 0 Å². The first kappa shape index (κ1) is 27.2. The van der Waals surface area contributed by atoms with Crippen molar-refractivity contribution in [3.05, 3.63) is 0 Å². The van der Waals surface area contributed by atoms with Gasteiger partial charge in [-0.05, 0) is 62.1 Å². The molecule has 0 atom stereocenters. The van der Waals surface area contributed by atoms with Crippen LogP contribution < -0.4 is 0 Å². The van der Waals surface area contributed by atoms with Crippen LogP contribution in [0.1, 0.15) is 66.2 Å². The molecule has 0 saturated carbocycles. The average molecular weight is 473 g/mol. The monoisotopic (exact) mass is 472 g/mol. The van der Waals surface area contributed by atoms with Gasteiger partial charge in [-0.1, -0.05) is 71.7 Å². The molecule has 154 valence electrons. The highest BCUT2D eigenvalue weighted by molar-refractivity contribution is 8.84. The molecule has 0 saturated heterocycles. The standard InChI is InChI=1S/C18H36N2S6/c1-5-19(6-2)17(21)25-23-15-13-11-9-10-12-14-16-24-26-18(22)20(7-3)8-4/h5-16H2,1-4H3. The highest BCUT2D eigenvalue weighted by atomic mass is 33.1. The summed E-state index contributed by atoms with van der Waals surface area (Å²) in [5.74, 6) is 2.42. The van der Waals surface area contributed by atoms with Crippen molar-refractivity contribution in [3.8, 4) is 0 Å². The normalized spacial score (nSPS) is 10.8. The summed E-state index contributed by atoms with van der Waals surface area (Å²) < 4.78 is 2.08.